The molecule has 1 aromatic heterocycles. The van der Waals surface area contributed by atoms with Crippen molar-refractivity contribution >= 4 is 17.4 Å². The normalized spacial score (nSPS) is 10.2. The second-order valence-electron chi connectivity index (χ2n) is 6.70. The first-order valence-corrected chi connectivity index (χ1v) is 9.34. The molecule has 5 heteroatoms. The first-order valence-electron chi connectivity index (χ1n) is 9.34. The lowest BCUT2D eigenvalue weighted by Crippen LogP contribution is -2.25. The van der Waals surface area contributed by atoms with Crippen LogP contribution >= 0.6 is 0 Å². The van der Waals surface area contributed by atoms with E-state index in [2.05, 4.69) is 4.98 Å². The highest BCUT2D eigenvalue weighted by Crippen LogP contribution is 2.24. The Morgan fingerprint density at radius 1 is 1.00 bits per heavy atom. The fourth-order valence-electron chi connectivity index (χ4n) is 3.00. The number of anilines is 1. The Labute approximate surface area is 170 Å². The predicted octanol–water partition coefficient (Wildman–Crippen LogP) is 4.44. The van der Waals surface area contributed by atoms with Crippen LogP contribution in [-0.4, -0.2) is 23.7 Å². The van der Waals surface area contributed by atoms with Crippen molar-refractivity contribution < 1.29 is 9.59 Å². The van der Waals surface area contributed by atoms with Gasteiger partial charge < -0.3 is 4.90 Å². The first kappa shape index (κ1) is 20.0. The SMILES string of the molecule is CN(C(=O)CC#N)c1ccc(-c2ccc(C(=O)CCc3cccnc3)cc2)cc1. The molecule has 0 aliphatic heterocycles. The number of benzene rings is 2. The number of amides is 1. The Morgan fingerprint density at radius 2 is 1.66 bits per heavy atom. The molecule has 29 heavy (non-hydrogen) atoms. The smallest absolute Gasteiger partial charge is 0.240 e. The molecule has 0 N–H and O–H groups in total. The van der Waals surface area contributed by atoms with E-state index in [1.807, 2.05) is 66.7 Å². The molecular weight excluding hydrogens is 362 g/mol. The maximum absolute atomic E-state index is 12.4. The molecule has 0 unspecified atom stereocenters. The lowest BCUT2D eigenvalue weighted by Gasteiger charge is -2.16. The lowest BCUT2D eigenvalue weighted by molar-refractivity contribution is -0.117. The number of nitrogens with zero attached hydrogens (tertiary/aromatic N) is 3. The van der Waals surface area contributed by atoms with Crippen molar-refractivity contribution in [2.45, 2.75) is 19.3 Å². The molecule has 0 aliphatic carbocycles. The molecule has 0 spiro atoms. The van der Waals surface area contributed by atoms with Gasteiger partial charge in [0.05, 0.1) is 6.07 Å². The van der Waals surface area contributed by atoms with Crippen molar-refractivity contribution in [2.24, 2.45) is 0 Å². The van der Waals surface area contributed by atoms with E-state index in [1.165, 1.54) is 4.90 Å². The molecule has 0 saturated carbocycles. The van der Waals surface area contributed by atoms with Crippen molar-refractivity contribution in [3.05, 3.63) is 84.2 Å². The van der Waals surface area contributed by atoms with Crippen molar-refractivity contribution in [1.82, 2.24) is 4.98 Å². The minimum Gasteiger partial charge on any atom is -0.315 e. The Morgan fingerprint density at radius 3 is 2.24 bits per heavy atom. The molecule has 0 radical (unpaired) electrons. The zero-order valence-corrected chi connectivity index (χ0v) is 16.2. The van der Waals surface area contributed by atoms with E-state index >= 15 is 0 Å². The van der Waals surface area contributed by atoms with Gasteiger partial charge in [0.15, 0.2) is 5.78 Å². The number of Topliss-reactive ketones (excluding diaryl/α,β-unsaturated/α-hetero) is 1. The van der Waals surface area contributed by atoms with Crippen LogP contribution in [-0.2, 0) is 11.2 Å². The maximum Gasteiger partial charge on any atom is 0.240 e. The van der Waals surface area contributed by atoms with Crippen LogP contribution in [0.25, 0.3) is 11.1 Å². The summed E-state index contributed by atoms with van der Waals surface area (Å²) < 4.78 is 0. The number of hydrogen-bond donors (Lipinski definition) is 0. The highest BCUT2D eigenvalue weighted by Gasteiger charge is 2.11. The van der Waals surface area contributed by atoms with E-state index in [0.717, 1.165) is 22.4 Å². The second-order valence-corrected chi connectivity index (χ2v) is 6.70. The van der Waals surface area contributed by atoms with Gasteiger partial charge >= 0.3 is 0 Å². The van der Waals surface area contributed by atoms with Crippen molar-refractivity contribution in [1.29, 1.82) is 5.26 Å². The maximum atomic E-state index is 12.4. The number of aryl methyl sites for hydroxylation is 1. The summed E-state index contributed by atoms with van der Waals surface area (Å²) in [5.74, 6) is -0.136. The molecule has 3 rings (SSSR count). The van der Waals surface area contributed by atoms with Gasteiger partial charge in [0.1, 0.15) is 6.42 Å². The summed E-state index contributed by atoms with van der Waals surface area (Å²) in [6.45, 7) is 0. The molecule has 1 heterocycles. The number of carbonyl (C=O) groups excluding carboxylic acids is 2. The first-order chi connectivity index (χ1) is 14.1. The molecule has 0 aliphatic rings. The van der Waals surface area contributed by atoms with E-state index in [9.17, 15) is 9.59 Å². The number of carbonyl (C=O) groups is 2. The van der Waals surface area contributed by atoms with Crippen LogP contribution in [0.1, 0.15) is 28.8 Å². The van der Waals surface area contributed by atoms with Crippen LogP contribution in [0.2, 0.25) is 0 Å². The fourth-order valence-corrected chi connectivity index (χ4v) is 3.00. The summed E-state index contributed by atoms with van der Waals surface area (Å²) in [5.41, 5.74) is 4.46. The number of rotatable bonds is 7. The third-order valence-corrected chi connectivity index (χ3v) is 4.76. The molecule has 0 saturated heterocycles. The monoisotopic (exact) mass is 383 g/mol. The van der Waals surface area contributed by atoms with Gasteiger partial charge in [-0.3, -0.25) is 14.6 Å². The van der Waals surface area contributed by atoms with Crippen LogP contribution in [0.5, 0.6) is 0 Å². The minimum absolute atomic E-state index is 0.105. The highest BCUT2D eigenvalue weighted by molar-refractivity contribution is 5.97. The number of pyridine rings is 1. The molecule has 3 aromatic rings. The van der Waals surface area contributed by atoms with Gasteiger partial charge in [0.2, 0.25) is 5.91 Å². The fraction of sp³-hybridized carbons (Fsp3) is 0.167. The van der Waals surface area contributed by atoms with Crippen LogP contribution in [0, 0.1) is 11.3 Å². The number of nitriles is 1. The van der Waals surface area contributed by atoms with Crippen LogP contribution in [0.3, 0.4) is 0 Å². The minimum atomic E-state index is -0.241. The Kier molecular flexibility index (Phi) is 6.49. The predicted molar refractivity (Wildman–Crippen MR) is 112 cm³/mol. The highest BCUT2D eigenvalue weighted by atomic mass is 16.2. The second kappa shape index (κ2) is 9.43. The van der Waals surface area contributed by atoms with Crippen LogP contribution < -0.4 is 4.90 Å². The van der Waals surface area contributed by atoms with E-state index in [0.29, 0.717) is 18.4 Å². The number of hydrogen-bond acceptors (Lipinski definition) is 4. The molecule has 5 nitrogen and oxygen atoms in total. The van der Waals surface area contributed by atoms with E-state index in [1.54, 1.807) is 19.4 Å². The molecular formula is C24H21N3O2. The number of ketones is 1. The van der Waals surface area contributed by atoms with Gasteiger partial charge in [-0.2, -0.15) is 5.26 Å². The van der Waals surface area contributed by atoms with E-state index in [4.69, 9.17) is 5.26 Å². The van der Waals surface area contributed by atoms with Crippen molar-refractivity contribution in [3.8, 4) is 17.2 Å². The summed E-state index contributed by atoms with van der Waals surface area (Å²) >= 11 is 0. The van der Waals surface area contributed by atoms with Gasteiger partial charge in [0.25, 0.3) is 0 Å². The van der Waals surface area contributed by atoms with Gasteiger partial charge in [-0.15, -0.1) is 0 Å². The molecule has 144 valence electrons. The third kappa shape index (κ3) is 5.14. The largest absolute Gasteiger partial charge is 0.315 e. The van der Waals surface area contributed by atoms with Gasteiger partial charge in [-0.1, -0.05) is 42.5 Å². The average molecular weight is 383 g/mol. The van der Waals surface area contributed by atoms with Crippen molar-refractivity contribution in [2.75, 3.05) is 11.9 Å². The van der Waals surface area contributed by atoms with Gasteiger partial charge in [-0.05, 0) is 41.3 Å². The van der Waals surface area contributed by atoms with E-state index in [-0.39, 0.29) is 18.1 Å². The van der Waals surface area contributed by atoms with Crippen LogP contribution in [0.15, 0.2) is 73.1 Å². The topological polar surface area (TPSA) is 74.1 Å². The van der Waals surface area contributed by atoms with E-state index < -0.39 is 0 Å². The van der Waals surface area contributed by atoms with Crippen LogP contribution in [0.4, 0.5) is 5.69 Å². The Balaban J connectivity index is 1.64. The van der Waals surface area contributed by atoms with Gasteiger partial charge in [-0.25, -0.2) is 0 Å². The summed E-state index contributed by atoms with van der Waals surface area (Å²) in [6.07, 6.45) is 4.48. The summed E-state index contributed by atoms with van der Waals surface area (Å²) in [7, 11) is 1.65. The molecule has 1 amide bonds. The lowest BCUT2D eigenvalue weighted by atomic mass is 9.99. The van der Waals surface area contributed by atoms with Gasteiger partial charge in [0, 0.05) is 37.1 Å². The Hall–Kier alpha value is -3.78. The Bertz CT molecular complexity index is 1020. The molecule has 0 fully saturated rings. The number of aromatic nitrogens is 1. The molecule has 2 aromatic carbocycles. The third-order valence-electron chi connectivity index (χ3n) is 4.76. The summed E-state index contributed by atoms with van der Waals surface area (Å²) in [4.78, 5) is 29.8. The quantitative estimate of drug-likeness (QED) is 0.565. The molecule has 0 atom stereocenters. The summed E-state index contributed by atoms with van der Waals surface area (Å²) in [6, 6.07) is 20.8. The zero-order chi connectivity index (χ0) is 20.6. The zero-order valence-electron chi connectivity index (χ0n) is 16.2. The molecule has 0 bridgehead atoms. The summed E-state index contributed by atoms with van der Waals surface area (Å²) in [5, 5.41) is 8.65. The van der Waals surface area contributed by atoms with Crippen molar-refractivity contribution in [3.63, 3.8) is 0 Å². The standard InChI is InChI=1S/C24H21N3O2/c1-27(24(29)14-15-25)22-11-9-20(10-12-22)19-5-7-21(8-6-19)23(28)13-4-18-3-2-16-26-17-18/h2-3,5-12,16-17H,4,13-14H2,1H3. The average Bonchev–Trinajstić information content (AvgIpc) is 2.78.